The Hall–Kier alpha value is -1.88. The summed E-state index contributed by atoms with van der Waals surface area (Å²) < 4.78 is 5.33. The second-order valence-corrected chi connectivity index (χ2v) is 5.19. The van der Waals surface area contributed by atoms with E-state index in [1.165, 1.54) is 6.42 Å². The molecule has 0 aliphatic heterocycles. The maximum Gasteiger partial charge on any atom is 0.247 e. The SMILES string of the molecule is NC1(c2nc(-c3cccc(O)c3)no2)CCCCC1. The zero-order valence-corrected chi connectivity index (χ0v) is 10.7. The Labute approximate surface area is 111 Å². The van der Waals surface area contributed by atoms with E-state index in [-0.39, 0.29) is 5.75 Å². The topological polar surface area (TPSA) is 85.2 Å². The van der Waals surface area contributed by atoms with Gasteiger partial charge in [0.05, 0.1) is 5.54 Å². The van der Waals surface area contributed by atoms with Crippen LogP contribution in [-0.4, -0.2) is 15.2 Å². The summed E-state index contributed by atoms with van der Waals surface area (Å²) in [6.07, 6.45) is 5.18. The van der Waals surface area contributed by atoms with Gasteiger partial charge in [0.15, 0.2) is 0 Å². The van der Waals surface area contributed by atoms with E-state index < -0.39 is 5.54 Å². The molecule has 1 aliphatic carbocycles. The van der Waals surface area contributed by atoms with Crippen molar-refractivity contribution in [3.63, 3.8) is 0 Å². The fraction of sp³-hybridized carbons (Fsp3) is 0.429. The molecule has 0 unspecified atom stereocenters. The molecule has 5 heteroatoms. The second kappa shape index (κ2) is 4.66. The molecule has 1 aliphatic rings. The Morgan fingerprint density at radius 3 is 2.74 bits per heavy atom. The van der Waals surface area contributed by atoms with Crippen LogP contribution in [0.15, 0.2) is 28.8 Å². The van der Waals surface area contributed by atoms with Gasteiger partial charge in [-0.1, -0.05) is 36.6 Å². The van der Waals surface area contributed by atoms with E-state index in [9.17, 15) is 5.11 Å². The largest absolute Gasteiger partial charge is 0.508 e. The molecule has 0 saturated heterocycles. The average Bonchev–Trinajstić information content (AvgIpc) is 2.90. The fourth-order valence-electron chi connectivity index (χ4n) is 2.58. The average molecular weight is 259 g/mol. The Bertz CT molecular complexity index is 574. The smallest absolute Gasteiger partial charge is 0.247 e. The third-order valence-electron chi connectivity index (χ3n) is 3.70. The van der Waals surface area contributed by atoms with Crippen LogP contribution in [-0.2, 0) is 5.54 Å². The molecule has 19 heavy (non-hydrogen) atoms. The van der Waals surface area contributed by atoms with E-state index in [1.807, 2.05) is 6.07 Å². The van der Waals surface area contributed by atoms with Crippen LogP contribution in [0.1, 0.15) is 38.0 Å². The zero-order valence-electron chi connectivity index (χ0n) is 10.7. The summed E-state index contributed by atoms with van der Waals surface area (Å²) in [6, 6.07) is 6.80. The molecule has 0 radical (unpaired) electrons. The third-order valence-corrected chi connectivity index (χ3v) is 3.70. The molecule has 0 spiro atoms. The van der Waals surface area contributed by atoms with Gasteiger partial charge < -0.3 is 15.4 Å². The minimum atomic E-state index is -0.486. The minimum absolute atomic E-state index is 0.184. The van der Waals surface area contributed by atoms with Gasteiger partial charge in [0.25, 0.3) is 0 Å². The lowest BCUT2D eigenvalue weighted by Crippen LogP contribution is -2.38. The number of phenolic OH excluding ortho intramolecular Hbond substituents is 1. The number of benzene rings is 1. The normalized spacial score (nSPS) is 18.4. The molecule has 1 fully saturated rings. The van der Waals surface area contributed by atoms with Crippen LogP contribution in [0.2, 0.25) is 0 Å². The first kappa shape index (κ1) is 12.2. The monoisotopic (exact) mass is 259 g/mol. The predicted molar refractivity (Wildman–Crippen MR) is 70.3 cm³/mol. The van der Waals surface area contributed by atoms with Crippen molar-refractivity contribution in [2.75, 3.05) is 0 Å². The van der Waals surface area contributed by atoms with Gasteiger partial charge in [0, 0.05) is 5.56 Å². The Kier molecular flexibility index (Phi) is 2.98. The molecule has 3 rings (SSSR count). The highest BCUT2D eigenvalue weighted by atomic mass is 16.5. The van der Waals surface area contributed by atoms with Crippen LogP contribution in [0, 0.1) is 0 Å². The molecule has 0 amide bonds. The van der Waals surface area contributed by atoms with Crippen LogP contribution in [0.25, 0.3) is 11.4 Å². The molecular weight excluding hydrogens is 242 g/mol. The molecule has 2 aromatic rings. The number of nitrogens with zero attached hydrogens (tertiary/aromatic N) is 2. The van der Waals surface area contributed by atoms with E-state index in [0.717, 1.165) is 31.2 Å². The summed E-state index contributed by atoms with van der Waals surface area (Å²) in [4.78, 5) is 4.40. The Balaban J connectivity index is 1.91. The van der Waals surface area contributed by atoms with Crippen molar-refractivity contribution in [1.29, 1.82) is 0 Å². The quantitative estimate of drug-likeness (QED) is 0.865. The number of aromatic hydroxyl groups is 1. The number of rotatable bonds is 2. The molecule has 0 atom stereocenters. The number of aromatic nitrogens is 2. The molecule has 1 heterocycles. The Morgan fingerprint density at radius 1 is 1.21 bits per heavy atom. The maximum atomic E-state index is 9.47. The van der Waals surface area contributed by atoms with Gasteiger partial charge in [-0.15, -0.1) is 0 Å². The van der Waals surface area contributed by atoms with Crippen LogP contribution in [0.5, 0.6) is 5.75 Å². The highest BCUT2D eigenvalue weighted by Crippen LogP contribution is 2.34. The van der Waals surface area contributed by atoms with Gasteiger partial charge >= 0.3 is 0 Å². The van der Waals surface area contributed by atoms with Gasteiger partial charge in [0.1, 0.15) is 5.75 Å². The van der Waals surface area contributed by atoms with Crippen LogP contribution in [0.4, 0.5) is 0 Å². The van der Waals surface area contributed by atoms with Crippen molar-refractivity contribution >= 4 is 0 Å². The van der Waals surface area contributed by atoms with Gasteiger partial charge in [0.2, 0.25) is 11.7 Å². The van der Waals surface area contributed by atoms with Crippen molar-refractivity contribution < 1.29 is 9.63 Å². The third kappa shape index (κ3) is 2.33. The van der Waals surface area contributed by atoms with Crippen molar-refractivity contribution in [2.45, 2.75) is 37.6 Å². The van der Waals surface area contributed by atoms with Crippen molar-refractivity contribution in [3.8, 4) is 17.1 Å². The van der Waals surface area contributed by atoms with Gasteiger partial charge in [-0.25, -0.2) is 0 Å². The summed E-state index contributed by atoms with van der Waals surface area (Å²) in [5.74, 6) is 1.16. The summed E-state index contributed by atoms with van der Waals surface area (Å²) in [5.41, 5.74) is 6.60. The number of phenols is 1. The first-order valence-electron chi connectivity index (χ1n) is 6.60. The van der Waals surface area contributed by atoms with Gasteiger partial charge in [-0.3, -0.25) is 0 Å². The first-order chi connectivity index (χ1) is 9.17. The summed E-state index contributed by atoms with van der Waals surface area (Å²) in [7, 11) is 0. The van der Waals surface area contributed by atoms with E-state index in [2.05, 4.69) is 10.1 Å². The lowest BCUT2D eigenvalue weighted by molar-refractivity contribution is 0.220. The van der Waals surface area contributed by atoms with Crippen molar-refractivity contribution in [3.05, 3.63) is 30.2 Å². The molecule has 0 bridgehead atoms. The summed E-state index contributed by atoms with van der Waals surface area (Å²) in [5, 5.41) is 13.4. The number of nitrogens with two attached hydrogens (primary N) is 1. The number of hydrogen-bond acceptors (Lipinski definition) is 5. The lowest BCUT2D eigenvalue weighted by atomic mass is 9.82. The van der Waals surface area contributed by atoms with Crippen LogP contribution < -0.4 is 5.73 Å². The molecular formula is C14H17N3O2. The van der Waals surface area contributed by atoms with Crippen molar-refractivity contribution in [2.24, 2.45) is 5.73 Å². The molecule has 1 saturated carbocycles. The molecule has 3 N–H and O–H groups in total. The second-order valence-electron chi connectivity index (χ2n) is 5.19. The zero-order chi connectivity index (χ0) is 13.3. The van der Waals surface area contributed by atoms with E-state index >= 15 is 0 Å². The Morgan fingerprint density at radius 2 is 2.00 bits per heavy atom. The fourth-order valence-corrected chi connectivity index (χ4v) is 2.58. The molecule has 1 aromatic heterocycles. The van der Waals surface area contributed by atoms with Crippen LogP contribution >= 0.6 is 0 Å². The molecule has 5 nitrogen and oxygen atoms in total. The van der Waals surface area contributed by atoms with Crippen LogP contribution in [0.3, 0.4) is 0 Å². The molecule has 100 valence electrons. The highest BCUT2D eigenvalue weighted by molar-refractivity contribution is 5.56. The van der Waals surface area contributed by atoms with E-state index in [0.29, 0.717) is 11.7 Å². The minimum Gasteiger partial charge on any atom is -0.508 e. The molecule has 1 aromatic carbocycles. The first-order valence-corrected chi connectivity index (χ1v) is 6.60. The van der Waals surface area contributed by atoms with Gasteiger partial charge in [-0.05, 0) is 25.0 Å². The maximum absolute atomic E-state index is 9.47. The van der Waals surface area contributed by atoms with Crippen molar-refractivity contribution in [1.82, 2.24) is 10.1 Å². The van der Waals surface area contributed by atoms with E-state index in [4.69, 9.17) is 10.3 Å². The summed E-state index contributed by atoms with van der Waals surface area (Å²) in [6.45, 7) is 0. The van der Waals surface area contributed by atoms with Gasteiger partial charge in [-0.2, -0.15) is 4.98 Å². The van der Waals surface area contributed by atoms with E-state index in [1.54, 1.807) is 18.2 Å². The summed E-state index contributed by atoms with van der Waals surface area (Å²) >= 11 is 0. The lowest BCUT2D eigenvalue weighted by Gasteiger charge is -2.29. The predicted octanol–water partition coefficient (Wildman–Crippen LogP) is 2.56. The number of hydrogen-bond donors (Lipinski definition) is 2. The standard InChI is InChI=1S/C14H17N3O2/c15-14(7-2-1-3-8-14)13-16-12(17-19-13)10-5-4-6-11(18)9-10/h4-6,9,18H,1-3,7-8,15H2. The highest BCUT2D eigenvalue weighted by Gasteiger charge is 2.35.